The lowest BCUT2D eigenvalue weighted by atomic mass is 9.76. The minimum Gasteiger partial charge on any atom is -0.465 e. The van der Waals surface area contributed by atoms with Crippen LogP contribution in [0.1, 0.15) is 68.1 Å². The second-order valence-electron chi connectivity index (χ2n) is 12.3. The molecule has 3 N–H and O–H groups in total. The van der Waals surface area contributed by atoms with Crippen LogP contribution in [0.15, 0.2) is 77.7 Å². The number of nitrogens with one attached hydrogen (secondary N) is 1. The van der Waals surface area contributed by atoms with Gasteiger partial charge in [-0.25, -0.2) is 17.9 Å². The van der Waals surface area contributed by atoms with E-state index in [-0.39, 0.29) is 47.6 Å². The zero-order valence-corrected chi connectivity index (χ0v) is 28.3. The smallest absolute Gasteiger partial charge is 0.407 e. The molecule has 0 aliphatic carbocycles. The summed E-state index contributed by atoms with van der Waals surface area (Å²) >= 11 is 1.47. The molecule has 0 aromatic heterocycles. The molecule has 0 aliphatic rings. The summed E-state index contributed by atoms with van der Waals surface area (Å²) in [6.07, 6.45) is -2.04. The van der Waals surface area contributed by atoms with E-state index in [9.17, 15) is 28.2 Å². The van der Waals surface area contributed by atoms with Gasteiger partial charge in [0, 0.05) is 29.7 Å². The monoisotopic (exact) mass is 656 g/mol. The van der Waals surface area contributed by atoms with E-state index in [1.807, 2.05) is 62.4 Å². The Balaban J connectivity index is 1.87. The molecule has 0 aliphatic heterocycles. The molecule has 0 radical (unpaired) electrons. The first-order valence-corrected chi connectivity index (χ1v) is 17.3. The number of carbonyl (C=O) groups excluding carboxylic acids is 1. The molecule has 0 heterocycles. The fourth-order valence-electron chi connectivity index (χ4n) is 4.91. The largest absolute Gasteiger partial charge is 0.465 e. The van der Waals surface area contributed by atoms with Crippen molar-refractivity contribution in [1.29, 1.82) is 0 Å². The third-order valence-electron chi connectivity index (χ3n) is 7.34. The van der Waals surface area contributed by atoms with Crippen molar-refractivity contribution in [1.82, 2.24) is 9.62 Å². The number of hydrogen-bond acceptors (Lipinski definition) is 7. The number of amides is 2. The Morgan fingerprint density at radius 2 is 1.56 bits per heavy atom. The molecule has 0 fully saturated rings. The van der Waals surface area contributed by atoms with Gasteiger partial charge in [-0.1, -0.05) is 95.3 Å². The number of sulfonamides is 1. The van der Waals surface area contributed by atoms with Crippen molar-refractivity contribution in [2.45, 2.75) is 56.8 Å². The molecule has 0 saturated heterocycles. The Labute approximate surface area is 271 Å². The summed E-state index contributed by atoms with van der Waals surface area (Å²) in [5, 5.41) is 20.9. The highest BCUT2D eigenvalue weighted by Crippen LogP contribution is 2.38. The summed E-state index contributed by atoms with van der Waals surface area (Å²) in [4.78, 5) is 27.1. The third kappa shape index (κ3) is 10.6. The summed E-state index contributed by atoms with van der Waals surface area (Å²) in [6.45, 7) is 10.3. The van der Waals surface area contributed by atoms with Crippen molar-refractivity contribution in [2.24, 2.45) is 5.41 Å². The highest BCUT2D eigenvalue weighted by atomic mass is 32.2. The number of carbonyl (C=O) groups is 2. The van der Waals surface area contributed by atoms with Crippen molar-refractivity contribution >= 4 is 33.8 Å². The van der Waals surface area contributed by atoms with Crippen molar-refractivity contribution in [2.75, 3.05) is 32.6 Å². The van der Waals surface area contributed by atoms with Crippen LogP contribution in [0.4, 0.5) is 4.79 Å². The number of ether oxygens (including phenoxy) is 1. The van der Waals surface area contributed by atoms with Crippen molar-refractivity contribution in [3.63, 3.8) is 0 Å². The van der Waals surface area contributed by atoms with Crippen LogP contribution in [0.25, 0.3) is 11.1 Å². The maximum absolute atomic E-state index is 13.0. The van der Waals surface area contributed by atoms with Crippen molar-refractivity contribution < 1.29 is 33.0 Å². The van der Waals surface area contributed by atoms with E-state index in [0.717, 1.165) is 16.7 Å². The molecule has 9 nitrogen and oxygen atoms in total. The topological polar surface area (TPSA) is 133 Å². The average Bonchev–Trinajstić information content (AvgIpc) is 2.97. The van der Waals surface area contributed by atoms with E-state index in [0.29, 0.717) is 10.5 Å². The van der Waals surface area contributed by atoms with Crippen LogP contribution in [0.2, 0.25) is 0 Å². The molecule has 2 atom stereocenters. The summed E-state index contributed by atoms with van der Waals surface area (Å²) in [6, 6.07) is 22.2. The van der Waals surface area contributed by atoms with Crippen LogP contribution in [-0.4, -0.2) is 73.3 Å². The first-order valence-electron chi connectivity index (χ1n) is 14.8. The number of aliphatic hydroxyl groups excluding tert-OH is 1. The summed E-state index contributed by atoms with van der Waals surface area (Å²) in [5.74, 6) is -1.17. The van der Waals surface area contributed by atoms with Gasteiger partial charge in [0.25, 0.3) is 5.91 Å². The number of rotatable bonds is 14. The zero-order chi connectivity index (χ0) is 33.4. The second kappa shape index (κ2) is 15.8. The van der Waals surface area contributed by atoms with E-state index in [4.69, 9.17) is 4.74 Å². The van der Waals surface area contributed by atoms with E-state index in [1.54, 1.807) is 24.3 Å². The zero-order valence-electron chi connectivity index (χ0n) is 26.7. The third-order valence-corrected chi connectivity index (χ3v) is 9.60. The average molecular weight is 657 g/mol. The number of thioether (sulfide) groups is 1. The number of carboxylic acid groups (broad SMARTS) is 1. The Morgan fingerprint density at radius 1 is 0.933 bits per heavy atom. The fraction of sp³-hybridized carbons (Fsp3) is 0.412. The van der Waals surface area contributed by atoms with Crippen LogP contribution in [-0.2, 0) is 14.8 Å². The predicted octanol–water partition coefficient (Wildman–Crippen LogP) is 6.40. The molecule has 45 heavy (non-hydrogen) atoms. The molecule has 244 valence electrons. The van der Waals surface area contributed by atoms with E-state index >= 15 is 0 Å². The number of nitrogens with zero attached hydrogens (tertiary/aromatic N) is 1. The molecule has 0 bridgehead atoms. The van der Waals surface area contributed by atoms with Gasteiger partial charge in [-0.3, -0.25) is 4.79 Å². The molecule has 2 amide bonds. The summed E-state index contributed by atoms with van der Waals surface area (Å²) in [7, 11) is -2.45. The molecule has 3 aromatic rings. The van der Waals surface area contributed by atoms with Gasteiger partial charge in [-0.15, -0.1) is 11.8 Å². The Hall–Kier alpha value is -3.38. The van der Waals surface area contributed by atoms with E-state index < -0.39 is 28.1 Å². The molecule has 1 unspecified atom stereocenters. The highest BCUT2D eigenvalue weighted by molar-refractivity contribution is 8.00. The molecular weight excluding hydrogens is 613 g/mol. The fourth-order valence-corrected chi connectivity index (χ4v) is 6.78. The minimum absolute atomic E-state index is 0.0226. The van der Waals surface area contributed by atoms with Gasteiger partial charge in [0.2, 0.25) is 10.0 Å². The van der Waals surface area contributed by atoms with Crippen molar-refractivity contribution in [3.8, 4) is 11.1 Å². The Bertz CT molecular complexity index is 1540. The van der Waals surface area contributed by atoms with E-state index in [2.05, 4.69) is 25.5 Å². The first kappa shape index (κ1) is 36.1. The van der Waals surface area contributed by atoms with Crippen LogP contribution >= 0.6 is 11.8 Å². The SMILES string of the molecule is COCCS(=O)(=O)NC(=O)c1ccc(-c2ccc(C(CN(C[C@H](O)c3ccccc3)C(=O)O)C(C)(C)C)cc2)cc1SC(C)C. The van der Waals surface area contributed by atoms with Gasteiger partial charge in [0.1, 0.15) is 0 Å². The standard InChI is InChI=1S/C34H44N2O7S2/c1-23(2)44-31-20-27(16-17-28(31)32(38)35-45(41,42)19-18-43-6)24-12-14-25(15-13-24)29(34(3,4)5)21-36(33(39)40)22-30(37)26-10-8-7-9-11-26/h7-17,20,23,29-30,37H,18-19,21-22H2,1-6H3,(H,35,38)(H,39,40)/t29?,30-/m0/s1. The maximum Gasteiger partial charge on any atom is 0.407 e. The lowest BCUT2D eigenvalue weighted by molar-refractivity contribution is 0.0860. The molecular formula is C34H44N2O7S2. The van der Waals surface area contributed by atoms with Gasteiger partial charge in [0.15, 0.2) is 0 Å². The summed E-state index contributed by atoms with van der Waals surface area (Å²) in [5.41, 5.74) is 3.36. The van der Waals surface area contributed by atoms with Crippen LogP contribution < -0.4 is 4.72 Å². The van der Waals surface area contributed by atoms with Gasteiger partial charge < -0.3 is 19.8 Å². The molecule has 0 saturated carbocycles. The first-order chi connectivity index (χ1) is 21.1. The molecule has 0 spiro atoms. The number of hydrogen-bond donors (Lipinski definition) is 3. The molecule has 11 heteroatoms. The summed E-state index contributed by atoms with van der Waals surface area (Å²) < 4.78 is 31.6. The Kier molecular flexibility index (Phi) is 12.6. The Morgan fingerprint density at radius 3 is 2.11 bits per heavy atom. The molecule has 3 aromatic carbocycles. The maximum atomic E-state index is 13.0. The van der Waals surface area contributed by atoms with Gasteiger partial charge >= 0.3 is 6.09 Å². The van der Waals surface area contributed by atoms with E-state index in [1.165, 1.54) is 23.8 Å². The number of methoxy groups -OCH3 is 1. The predicted molar refractivity (Wildman–Crippen MR) is 179 cm³/mol. The quantitative estimate of drug-likeness (QED) is 0.170. The van der Waals surface area contributed by atoms with Crippen LogP contribution in [0, 0.1) is 5.41 Å². The van der Waals surface area contributed by atoms with Crippen LogP contribution in [0.5, 0.6) is 0 Å². The second-order valence-corrected chi connectivity index (χ2v) is 15.7. The number of benzene rings is 3. The normalized spacial score (nSPS) is 13.3. The lowest BCUT2D eigenvalue weighted by Gasteiger charge is -2.35. The van der Waals surface area contributed by atoms with Gasteiger partial charge in [0.05, 0.1) is 30.6 Å². The molecule has 3 rings (SSSR count). The van der Waals surface area contributed by atoms with Gasteiger partial charge in [-0.2, -0.15) is 0 Å². The van der Waals surface area contributed by atoms with Gasteiger partial charge in [-0.05, 0) is 39.8 Å². The highest BCUT2D eigenvalue weighted by Gasteiger charge is 2.31. The number of aliphatic hydroxyl groups is 1. The van der Waals surface area contributed by atoms with Crippen LogP contribution in [0.3, 0.4) is 0 Å². The lowest BCUT2D eigenvalue weighted by Crippen LogP contribution is -2.39. The minimum atomic E-state index is -3.85. The van der Waals surface area contributed by atoms with Crippen molar-refractivity contribution in [3.05, 3.63) is 89.5 Å².